The van der Waals surface area contributed by atoms with Gasteiger partial charge in [0.15, 0.2) is 0 Å². The van der Waals surface area contributed by atoms with Crippen molar-refractivity contribution in [3.8, 4) is 5.75 Å². The Kier molecular flexibility index (Phi) is 4.74. The van der Waals surface area contributed by atoms with E-state index in [9.17, 15) is 18.0 Å². The van der Waals surface area contributed by atoms with Crippen molar-refractivity contribution < 1.29 is 27.4 Å². The zero-order chi connectivity index (χ0) is 17.3. The van der Waals surface area contributed by atoms with Crippen molar-refractivity contribution in [2.75, 3.05) is 13.7 Å². The molecule has 2 aliphatic carbocycles. The number of rotatable bonds is 7. The number of esters is 1. The Bertz CT molecular complexity index is 592. The molecule has 3 rings (SSSR count). The van der Waals surface area contributed by atoms with Crippen LogP contribution in [0.1, 0.15) is 53.9 Å². The molecule has 0 spiro atoms. The number of hydrogen-bond acceptors (Lipinski definition) is 3. The molecule has 0 radical (unpaired) electrons. The fourth-order valence-electron chi connectivity index (χ4n) is 3.26. The van der Waals surface area contributed by atoms with Crippen LogP contribution in [0.5, 0.6) is 5.75 Å². The Morgan fingerprint density at radius 2 is 1.83 bits per heavy atom. The Hall–Kier alpha value is -1.72. The van der Waals surface area contributed by atoms with Gasteiger partial charge in [0.05, 0.1) is 25.7 Å². The number of alkyl halides is 3. The van der Waals surface area contributed by atoms with Crippen LogP contribution in [0.25, 0.3) is 0 Å². The molecule has 2 aliphatic rings. The first-order valence-electron chi connectivity index (χ1n) is 8.31. The van der Waals surface area contributed by atoms with Crippen molar-refractivity contribution in [3.63, 3.8) is 0 Å². The highest BCUT2D eigenvalue weighted by Gasteiger charge is 2.43. The standard InChI is InChI=1S/C18H21F3O3/c1-23-17(22)13-6-7-14(16(11-2-3-11)12-4-5-12)15(10-13)24-9-8-18(19,20)21/h6-7,10-12,16H,2-5,8-9H2,1H3. The zero-order valence-electron chi connectivity index (χ0n) is 13.6. The summed E-state index contributed by atoms with van der Waals surface area (Å²) in [7, 11) is 1.28. The van der Waals surface area contributed by atoms with Crippen molar-refractivity contribution in [3.05, 3.63) is 29.3 Å². The Balaban J connectivity index is 1.84. The smallest absolute Gasteiger partial charge is 0.392 e. The van der Waals surface area contributed by atoms with Crippen LogP contribution in [0.15, 0.2) is 18.2 Å². The molecule has 0 amide bonds. The summed E-state index contributed by atoms with van der Waals surface area (Å²) in [5, 5.41) is 0. The Morgan fingerprint density at radius 3 is 2.33 bits per heavy atom. The van der Waals surface area contributed by atoms with E-state index < -0.39 is 25.2 Å². The minimum absolute atomic E-state index is 0.300. The molecule has 0 aliphatic heterocycles. The van der Waals surface area contributed by atoms with Crippen LogP contribution < -0.4 is 4.74 Å². The van der Waals surface area contributed by atoms with Gasteiger partial charge in [-0.05, 0) is 61.1 Å². The van der Waals surface area contributed by atoms with Crippen LogP contribution in [-0.4, -0.2) is 25.9 Å². The Morgan fingerprint density at radius 1 is 1.21 bits per heavy atom. The van der Waals surface area contributed by atoms with Gasteiger partial charge in [0, 0.05) is 0 Å². The third kappa shape index (κ3) is 4.22. The molecular weight excluding hydrogens is 321 g/mol. The van der Waals surface area contributed by atoms with Gasteiger partial charge in [-0.2, -0.15) is 13.2 Å². The van der Waals surface area contributed by atoms with Gasteiger partial charge in [0.25, 0.3) is 0 Å². The number of ether oxygens (including phenoxy) is 2. The van der Waals surface area contributed by atoms with Gasteiger partial charge in [0.2, 0.25) is 0 Å². The highest BCUT2D eigenvalue weighted by Crippen LogP contribution is 2.56. The van der Waals surface area contributed by atoms with Crippen LogP contribution in [0.3, 0.4) is 0 Å². The summed E-state index contributed by atoms with van der Waals surface area (Å²) in [5.41, 5.74) is 1.24. The van der Waals surface area contributed by atoms with Gasteiger partial charge >= 0.3 is 12.1 Å². The maximum Gasteiger partial charge on any atom is 0.392 e. The molecule has 0 unspecified atom stereocenters. The summed E-state index contributed by atoms with van der Waals surface area (Å²) in [5.74, 6) is 1.39. The number of hydrogen-bond donors (Lipinski definition) is 0. The second-order valence-electron chi connectivity index (χ2n) is 6.66. The topological polar surface area (TPSA) is 35.5 Å². The van der Waals surface area contributed by atoms with E-state index in [-0.39, 0.29) is 0 Å². The van der Waals surface area contributed by atoms with Crippen LogP contribution in [0, 0.1) is 11.8 Å². The van der Waals surface area contributed by atoms with Crippen molar-refractivity contribution in [2.45, 2.75) is 44.2 Å². The molecule has 2 fully saturated rings. The van der Waals surface area contributed by atoms with Gasteiger partial charge in [-0.3, -0.25) is 0 Å². The van der Waals surface area contributed by atoms with E-state index >= 15 is 0 Å². The second kappa shape index (κ2) is 6.65. The average Bonchev–Trinajstić information content (AvgIpc) is 3.41. The van der Waals surface area contributed by atoms with Crippen molar-refractivity contribution in [1.29, 1.82) is 0 Å². The maximum absolute atomic E-state index is 12.4. The molecule has 0 saturated heterocycles. The first-order valence-corrected chi connectivity index (χ1v) is 8.31. The molecule has 2 saturated carbocycles. The van der Waals surface area contributed by atoms with Crippen LogP contribution in [0.2, 0.25) is 0 Å². The molecule has 3 nitrogen and oxygen atoms in total. The number of carbonyl (C=O) groups excluding carboxylic acids is 1. The van der Waals surface area contributed by atoms with E-state index in [0.29, 0.717) is 29.1 Å². The summed E-state index contributed by atoms with van der Waals surface area (Å²) in [6, 6.07) is 5.03. The van der Waals surface area contributed by atoms with E-state index in [2.05, 4.69) is 0 Å². The predicted molar refractivity (Wildman–Crippen MR) is 82.1 cm³/mol. The summed E-state index contributed by atoms with van der Waals surface area (Å²) in [6.45, 7) is -0.441. The summed E-state index contributed by atoms with van der Waals surface area (Å²) in [6.07, 6.45) is -0.646. The van der Waals surface area contributed by atoms with E-state index in [1.807, 2.05) is 6.07 Å². The largest absolute Gasteiger partial charge is 0.493 e. The van der Waals surface area contributed by atoms with Crippen molar-refractivity contribution in [2.24, 2.45) is 11.8 Å². The van der Waals surface area contributed by atoms with Gasteiger partial charge < -0.3 is 9.47 Å². The molecule has 1 aromatic carbocycles. The molecule has 1 aromatic rings. The Labute approximate surface area is 139 Å². The quantitative estimate of drug-likeness (QED) is 0.673. The number of carbonyl (C=O) groups is 1. The van der Waals surface area contributed by atoms with Crippen molar-refractivity contribution in [1.82, 2.24) is 0 Å². The fourth-order valence-corrected chi connectivity index (χ4v) is 3.26. The summed E-state index contributed by atoms with van der Waals surface area (Å²) >= 11 is 0. The fraction of sp³-hybridized carbons (Fsp3) is 0.611. The van der Waals surface area contributed by atoms with Crippen LogP contribution in [0.4, 0.5) is 13.2 Å². The minimum Gasteiger partial charge on any atom is -0.493 e. The number of benzene rings is 1. The SMILES string of the molecule is COC(=O)c1ccc(C(C2CC2)C2CC2)c(OCCC(F)(F)F)c1. The van der Waals surface area contributed by atoms with Crippen LogP contribution >= 0.6 is 0 Å². The highest BCUT2D eigenvalue weighted by atomic mass is 19.4. The molecule has 0 N–H and O–H groups in total. The molecule has 24 heavy (non-hydrogen) atoms. The molecule has 0 bridgehead atoms. The molecule has 6 heteroatoms. The lowest BCUT2D eigenvalue weighted by Gasteiger charge is -2.21. The molecular formula is C18H21F3O3. The van der Waals surface area contributed by atoms with E-state index in [4.69, 9.17) is 9.47 Å². The molecule has 0 aromatic heterocycles. The van der Waals surface area contributed by atoms with Gasteiger partial charge in [0.1, 0.15) is 5.75 Å². The lowest BCUT2D eigenvalue weighted by molar-refractivity contribution is -0.139. The lowest BCUT2D eigenvalue weighted by atomic mass is 9.88. The average molecular weight is 342 g/mol. The van der Waals surface area contributed by atoms with E-state index in [1.54, 1.807) is 6.07 Å². The third-order valence-electron chi connectivity index (χ3n) is 4.70. The first kappa shape index (κ1) is 17.1. The minimum atomic E-state index is -4.26. The highest BCUT2D eigenvalue weighted by molar-refractivity contribution is 5.90. The zero-order valence-corrected chi connectivity index (χ0v) is 13.6. The van der Waals surface area contributed by atoms with E-state index in [0.717, 1.165) is 31.2 Å². The van der Waals surface area contributed by atoms with E-state index in [1.165, 1.54) is 13.2 Å². The van der Waals surface area contributed by atoms with Gasteiger partial charge in [-0.15, -0.1) is 0 Å². The lowest BCUT2D eigenvalue weighted by Crippen LogP contribution is -2.15. The van der Waals surface area contributed by atoms with Gasteiger partial charge in [-0.1, -0.05) is 6.07 Å². The number of methoxy groups -OCH3 is 1. The predicted octanol–water partition coefficient (Wildman–Crippen LogP) is 4.71. The summed E-state index contributed by atoms with van der Waals surface area (Å²) in [4.78, 5) is 11.7. The summed E-state index contributed by atoms with van der Waals surface area (Å²) < 4.78 is 47.4. The number of halogens is 3. The molecule has 0 atom stereocenters. The third-order valence-corrected chi connectivity index (χ3v) is 4.70. The first-order chi connectivity index (χ1) is 11.4. The molecule has 132 valence electrons. The van der Waals surface area contributed by atoms with Gasteiger partial charge in [-0.25, -0.2) is 4.79 Å². The van der Waals surface area contributed by atoms with Crippen LogP contribution in [-0.2, 0) is 4.74 Å². The second-order valence-corrected chi connectivity index (χ2v) is 6.66. The maximum atomic E-state index is 12.4. The monoisotopic (exact) mass is 342 g/mol. The molecule has 0 heterocycles. The normalized spacial score (nSPS) is 17.9. The van der Waals surface area contributed by atoms with Crippen molar-refractivity contribution >= 4 is 5.97 Å².